The van der Waals surface area contributed by atoms with Crippen LogP contribution in [0.5, 0.6) is 0 Å². The zero-order valence-electron chi connectivity index (χ0n) is 7.27. The molecule has 0 bridgehead atoms. The maximum Gasteiger partial charge on any atom is 0.125 e. The summed E-state index contributed by atoms with van der Waals surface area (Å²) in [5, 5.41) is 12.1. The van der Waals surface area contributed by atoms with Crippen molar-refractivity contribution in [1.82, 2.24) is 5.32 Å². The normalized spacial score (nSPS) is 10.5. The van der Waals surface area contributed by atoms with E-state index in [0.717, 1.165) is 0 Å². The van der Waals surface area contributed by atoms with Gasteiger partial charge in [0.25, 0.3) is 0 Å². The predicted octanol–water partition coefficient (Wildman–Crippen LogP) is 1.69. The highest BCUT2D eigenvalue weighted by atomic mass is 35.5. The third-order valence-electron chi connectivity index (χ3n) is 1.78. The highest BCUT2D eigenvalue weighted by Crippen LogP contribution is 2.21. The number of aliphatic hydroxyl groups excluding tert-OH is 1. The van der Waals surface area contributed by atoms with Crippen molar-refractivity contribution in [2.75, 3.05) is 7.05 Å². The fourth-order valence-corrected chi connectivity index (χ4v) is 1.47. The lowest BCUT2D eigenvalue weighted by atomic mass is 10.1. The zero-order valence-corrected chi connectivity index (χ0v) is 8.03. The van der Waals surface area contributed by atoms with Crippen LogP contribution >= 0.6 is 11.6 Å². The summed E-state index contributed by atoms with van der Waals surface area (Å²) in [5.74, 6) is -0.382. The molecule has 0 aliphatic heterocycles. The van der Waals surface area contributed by atoms with Crippen LogP contribution in [0.1, 0.15) is 11.1 Å². The Labute approximate surface area is 81.3 Å². The smallest absolute Gasteiger partial charge is 0.125 e. The van der Waals surface area contributed by atoms with Crippen LogP contribution < -0.4 is 5.32 Å². The van der Waals surface area contributed by atoms with E-state index in [1.807, 2.05) is 0 Å². The first kappa shape index (κ1) is 10.4. The fraction of sp³-hybridized carbons (Fsp3) is 0.333. The summed E-state index contributed by atoms with van der Waals surface area (Å²) in [7, 11) is 1.75. The summed E-state index contributed by atoms with van der Waals surface area (Å²) >= 11 is 5.74. The molecule has 13 heavy (non-hydrogen) atoms. The van der Waals surface area contributed by atoms with E-state index in [9.17, 15) is 4.39 Å². The Hall–Kier alpha value is -0.640. The van der Waals surface area contributed by atoms with Gasteiger partial charge in [0, 0.05) is 17.1 Å². The number of rotatable bonds is 3. The summed E-state index contributed by atoms with van der Waals surface area (Å²) in [6, 6.07) is 2.57. The molecule has 0 aromatic heterocycles. The molecule has 2 nitrogen and oxygen atoms in total. The third-order valence-corrected chi connectivity index (χ3v) is 2.12. The van der Waals surface area contributed by atoms with Crippen LogP contribution in [-0.4, -0.2) is 12.2 Å². The quantitative estimate of drug-likeness (QED) is 0.784. The molecule has 4 heteroatoms. The average Bonchev–Trinajstić information content (AvgIpc) is 2.04. The van der Waals surface area contributed by atoms with Gasteiger partial charge in [0.2, 0.25) is 0 Å². The SMILES string of the molecule is CNCc1cc(F)cc(Cl)c1CO. The minimum atomic E-state index is -0.382. The predicted molar refractivity (Wildman–Crippen MR) is 50.1 cm³/mol. The van der Waals surface area contributed by atoms with Gasteiger partial charge in [-0.25, -0.2) is 4.39 Å². The maximum absolute atomic E-state index is 12.9. The van der Waals surface area contributed by atoms with Crippen molar-refractivity contribution < 1.29 is 9.50 Å². The van der Waals surface area contributed by atoms with E-state index in [1.165, 1.54) is 12.1 Å². The van der Waals surface area contributed by atoms with Gasteiger partial charge in [-0.05, 0) is 24.7 Å². The first-order valence-corrected chi connectivity index (χ1v) is 4.29. The Morgan fingerprint density at radius 1 is 1.54 bits per heavy atom. The lowest BCUT2D eigenvalue weighted by Crippen LogP contribution is -2.08. The number of halogens is 2. The van der Waals surface area contributed by atoms with E-state index >= 15 is 0 Å². The summed E-state index contributed by atoms with van der Waals surface area (Å²) in [6.07, 6.45) is 0. The highest BCUT2D eigenvalue weighted by molar-refractivity contribution is 6.31. The van der Waals surface area contributed by atoms with Crippen molar-refractivity contribution in [2.24, 2.45) is 0 Å². The van der Waals surface area contributed by atoms with Crippen LogP contribution in [0.25, 0.3) is 0 Å². The maximum atomic E-state index is 12.9. The van der Waals surface area contributed by atoms with E-state index in [0.29, 0.717) is 17.7 Å². The van der Waals surface area contributed by atoms with Gasteiger partial charge in [-0.1, -0.05) is 11.6 Å². The van der Waals surface area contributed by atoms with E-state index in [1.54, 1.807) is 7.05 Å². The topological polar surface area (TPSA) is 32.3 Å². The Morgan fingerprint density at radius 3 is 2.77 bits per heavy atom. The van der Waals surface area contributed by atoms with Crippen LogP contribution in [0.4, 0.5) is 4.39 Å². The van der Waals surface area contributed by atoms with Gasteiger partial charge in [-0.2, -0.15) is 0 Å². The first-order valence-electron chi connectivity index (χ1n) is 3.91. The van der Waals surface area contributed by atoms with Crippen LogP contribution in [0.15, 0.2) is 12.1 Å². The zero-order chi connectivity index (χ0) is 9.84. The van der Waals surface area contributed by atoms with Gasteiger partial charge in [-0.3, -0.25) is 0 Å². The standard InChI is InChI=1S/C9H11ClFNO/c1-12-4-6-2-7(11)3-9(10)8(6)5-13/h2-3,12-13H,4-5H2,1H3. The minimum Gasteiger partial charge on any atom is -0.392 e. The Morgan fingerprint density at radius 2 is 2.23 bits per heavy atom. The van der Waals surface area contributed by atoms with Gasteiger partial charge in [-0.15, -0.1) is 0 Å². The van der Waals surface area contributed by atoms with E-state index in [2.05, 4.69) is 5.32 Å². The van der Waals surface area contributed by atoms with Crippen LogP contribution in [-0.2, 0) is 13.2 Å². The molecule has 72 valence electrons. The summed E-state index contributed by atoms with van der Waals surface area (Å²) in [5.41, 5.74) is 1.27. The second-order valence-electron chi connectivity index (χ2n) is 2.71. The molecule has 0 unspecified atom stereocenters. The van der Waals surface area contributed by atoms with Gasteiger partial charge >= 0.3 is 0 Å². The molecule has 0 fully saturated rings. The number of nitrogens with one attached hydrogen (secondary N) is 1. The molecule has 0 spiro atoms. The highest BCUT2D eigenvalue weighted by Gasteiger charge is 2.07. The number of hydrogen-bond donors (Lipinski definition) is 2. The molecule has 0 radical (unpaired) electrons. The van der Waals surface area contributed by atoms with E-state index in [-0.39, 0.29) is 17.4 Å². The second-order valence-corrected chi connectivity index (χ2v) is 3.12. The van der Waals surface area contributed by atoms with Gasteiger partial charge < -0.3 is 10.4 Å². The second kappa shape index (κ2) is 4.56. The average molecular weight is 204 g/mol. The van der Waals surface area contributed by atoms with Crippen molar-refractivity contribution in [3.05, 3.63) is 34.1 Å². The van der Waals surface area contributed by atoms with Crippen LogP contribution in [0, 0.1) is 5.82 Å². The molecule has 0 atom stereocenters. The monoisotopic (exact) mass is 203 g/mol. The molecule has 1 rings (SSSR count). The molecule has 2 N–H and O–H groups in total. The number of benzene rings is 1. The van der Waals surface area contributed by atoms with Gasteiger partial charge in [0.15, 0.2) is 0 Å². The molecule has 0 heterocycles. The lowest BCUT2D eigenvalue weighted by molar-refractivity contribution is 0.280. The summed E-state index contributed by atoms with van der Waals surface area (Å²) in [4.78, 5) is 0. The largest absolute Gasteiger partial charge is 0.392 e. The molecule has 1 aromatic carbocycles. The molecule has 0 amide bonds. The van der Waals surface area contributed by atoms with Crippen LogP contribution in [0.3, 0.4) is 0 Å². The number of aliphatic hydroxyl groups is 1. The van der Waals surface area contributed by atoms with Crippen molar-refractivity contribution >= 4 is 11.6 Å². The van der Waals surface area contributed by atoms with Gasteiger partial charge in [0.1, 0.15) is 5.82 Å². The molecule has 1 aromatic rings. The fourth-order valence-electron chi connectivity index (χ4n) is 1.18. The molecule has 0 saturated heterocycles. The summed E-state index contributed by atoms with van der Waals surface area (Å²) < 4.78 is 12.9. The minimum absolute atomic E-state index is 0.171. The molecular weight excluding hydrogens is 193 g/mol. The van der Waals surface area contributed by atoms with Crippen molar-refractivity contribution in [3.8, 4) is 0 Å². The molecular formula is C9H11ClFNO. The van der Waals surface area contributed by atoms with Crippen LogP contribution in [0.2, 0.25) is 5.02 Å². The van der Waals surface area contributed by atoms with Crippen molar-refractivity contribution in [3.63, 3.8) is 0 Å². The molecule has 0 aliphatic rings. The van der Waals surface area contributed by atoms with E-state index < -0.39 is 0 Å². The van der Waals surface area contributed by atoms with E-state index in [4.69, 9.17) is 16.7 Å². The summed E-state index contributed by atoms with van der Waals surface area (Å²) in [6.45, 7) is 0.323. The lowest BCUT2D eigenvalue weighted by Gasteiger charge is -2.08. The van der Waals surface area contributed by atoms with Crippen molar-refractivity contribution in [2.45, 2.75) is 13.2 Å². The Kier molecular flexibility index (Phi) is 3.66. The first-order chi connectivity index (χ1) is 6.19. The number of hydrogen-bond acceptors (Lipinski definition) is 2. The molecule has 0 saturated carbocycles. The van der Waals surface area contributed by atoms with Crippen molar-refractivity contribution in [1.29, 1.82) is 0 Å². The Bertz CT molecular complexity index is 304. The molecule has 0 aliphatic carbocycles. The Balaban J connectivity index is 3.13. The third kappa shape index (κ3) is 2.40. The van der Waals surface area contributed by atoms with Gasteiger partial charge in [0.05, 0.1) is 6.61 Å².